The maximum absolute atomic E-state index is 12.0. The van der Waals surface area contributed by atoms with Crippen molar-refractivity contribution in [2.45, 2.75) is 32.4 Å². The van der Waals surface area contributed by atoms with Gasteiger partial charge in [0.15, 0.2) is 0 Å². The molecule has 0 bridgehead atoms. The fraction of sp³-hybridized carbons (Fsp3) is 0.429. The predicted molar refractivity (Wildman–Crippen MR) is 72.4 cm³/mol. The zero-order valence-electron chi connectivity index (χ0n) is 11.2. The highest BCUT2D eigenvalue weighted by molar-refractivity contribution is 5.83. The number of aliphatic carboxylic acids is 1. The van der Waals surface area contributed by atoms with E-state index in [0.717, 1.165) is 0 Å². The molecule has 0 saturated carbocycles. The lowest BCUT2D eigenvalue weighted by atomic mass is 9.99. The average molecular weight is 264 g/mol. The summed E-state index contributed by atoms with van der Waals surface area (Å²) in [4.78, 5) is 22.8. The summed E-state index contributed by atoms with van der Waals surface area (Å²) in [5.41, 5.74) is 6.56. The van der Waals surface area contributed by atoms with E-state index in [9.17, 15) is 9.59 Å². The third-order valence-electron chi connectivity index (χ3n) is 2.97. The van der Waals surface area contributed by atoms with Crippen LogP contribution in [-0.2, 0) is 9.59 Å². The normalized spacial score (nSPS) is 13.9. The third kappa shape index (κ3) is 4.71. The molecule has 0 aliphatic heterocycles. The second-order valence-electron chi connectivity index (χ2n) is 4.85. The van der Waals surface area contributed by atoms with E-state index in [1.54, 1.807) is 24.3 Å². The van der Waals surface area contributed by atoms with Crippen LogP contribution in [0.3, 0.4) is 0 Å². The molecule has 1 rings (SSSR count). The Balaban J connectivity index is 2.69. The largest absolute Gasteiger partial charge is 0.481 e. The summed E-state index contributed by atoms with van der Waals surface area (Å²) in [7, 11) is 0. The number of carboxylic acid groups (broad SMARTS) is 1. The van der Waals surface area contributed by atoms with Gasteiger partial charge in [-0.25, -0.2) is 0 Å². The van der Waals surface area contributed by atoms with Gasteiger partial charge in [0.1, 0.15) is 6.04 Å². The Morgan fingerprint density at radius 3 is 2.32 bits per heavy atom. The summed E-state index contributed by atoms with van der Waals surface area (Å²) in [5, 5.41) is 11.5. The van der Waals surface area contributed by atoms with Gasteiger partial charge in [0.05, 0.1) is 6.42 Å². The van der Waals surface area contributed by atoms with Crippen molar-refractivity contribution in [2.75, 3.05) is 0 Å². The average Bonchev–Trinajstić information content (AvgIpc) is 2.37. The van der Waals surface area contributed by atoms with Crippen LogP contribution in [-0.4, -0.2) is 23.0 Å². The highest BCUT2D eigenvalue weighted by Gasteiger charge is 2.23. The fourth-order valence-electron chi connectivity index (χ4n) is 1.73. The van der Waals surface area contributed by atoms with Gasteiger partial charge in [-0.1, -0.05) is 44.2 Å². The van der Waals surface area contributed by atoms with Gasteiger partial charge in [-0.05, 0) is 11.5 Å². The Morgan fingerprint density at radius 1 is 1.26 bits per heavy atom. The lowest BCUT2D eigenvalue weighted by molar-refractivity contribution is -0.138. The van der Waals surface area contributed by atoms with Crippen LogP contribution in [0.25, 0.3) is 0 Å². The van der Waals surface area contributed by atoms with E-state index in [-0.39, 0.29) is 18.2 Å². The van der Waals surface area contributed by atoms with Gasteiger partial charge in [-0.15, -0.1) is 0 Å². The summed E-state index contributed by atoms with van der Waals surface area (Å²) >= 11 is 0. The molecule has 0 fully saturated rings. The Labute approximate surface area is 112 Å². The van der Waals surface area contributed by atoms with Crippen molar-refractivity contribution in [2.24, 2.45) is 11.7 Å². The molecule has 0 spiro atoms. The van der Waals surface area contributed by atoms with Crippen LogP contribution in [0, 0.1) is 5.92 Å². The molecule has 0 aliphatic carbocycles. The van der Waals surface area contributed by atoms with Gasteiger partial charge in [-0.2, -0.15) is 0 Å². The van der Waals surface area contributed by atoms with Gasteiger partial charge in [0.25, 0.3) is 0 Å². The molecule has 0 radical (unpaired) electrons. The summed E-state index contributed by atoms with van der Waals surface area (Å²) in [5.74, 6) is -1.26. The monoisotopic (exact) mass is 264 g/mol. The molecule has 104 valence electrons. The predicted octanol–water partition coefficient (Wildman–Crippen LogP) is 1.30. The fourth-order valence-corrected chi connectivity index (χ4v) is 1.73. The van der Waals surface area contributed by atoms with Gasteiger partial charge < -0.3 is 16.2 Å². The molecule has 2 atom stereocenters. The van der Waals surface area contributed by atoms with Crippen molar-refractivity contribution in [3.8, 4) is 0 Å². The van der Waals surface area contributed by atoms with Crippen molar-refractivity contribution in [3.63, 3.8) is 0 Å². The number of nitrogens with one attached hydrogen (secondary N) is 1. The summed E-state index contributed by atoms with van der Waals surface area (Å²) in [6.45, 7) is 3.73. The molecule has 5 heteroatoms. The lowest BCUT2D eigenvalue weighted by Crippen LogP contribution is -2.44. The Bertz CT molecular complexity index is 432. The number of carbonyl (C=O) groups excluding carboxylic acids is 1. The van der Waals surface area contributed by atoms with E-state index < -0.39 is 18.1 Å². The van der Waals surface area contributed by atoms with Crippen LogP contribution in [0.4, 0.5) is 0 Å². The van der Waals surface area contributed by atoms with Crippen molar-refractivity contribution >= 4 is 11.9 Å². The van der Waals surface area contributed by atoms with Crippen LogP contribution < -0.4 is 11.1 Å². The van der Waals surface area contributed by atoms with Crippen LogP contribution in [0.2, 0.25) is 0 Å². The zero-order chi connectivity index (χ0) is 14.4. The summed E-state index contributed by atoms with van der Waals surface area (Å²) < 4.78 is 0. The van der Waals surface area contributed by atoms with Gasteiger partial charge >= 0.3 is 5.97 Å². The van der Waals surface area contributed by atoms with E-state index in [1.807, 2.05) is 19.9 Å². The SMILES string of the molecule is CC(C)C(CC(=O)O)NC(=O)[C@H](N)c1ccccc1. The summed E-state index contributed by atoms with van der Waals surface area (Å²) in [6.07, 6.45) is -0.106. The number of hydrogen-bond donors (Lipinski definition) is 3. The molecule has 0 heterocycles. The molecule has 1 unspecified atom stereocenters. The number of nitrogens with two attached hydrogens (primary N) is 1. The van der Waals surface area contributed by atoms with Gasteiger partial charge in [0.2, 0.25) is 5.91 Å². The van der Waals surface area contributed by atoms with Gasteiger partial charge in [-0.3, -0.25) is 9.59 Å². The lowest BCUT2D eigenvalue weighted by Gasteiger charge is -2.22. The van der Waals surface area contributed by atoms with Crippen LogP contribution in [0.5, 0.6) is 0 Å². The maximum atomic E-state index is 12.0. The van der Waals surface area contributed by atoms with Crippen molar-refractivity contribution in [1.82, 2.24) is 5.32 Å². The van der Waals surface area contributed by atoms with E-state index in [2.05, 4.69) is 5.32 Å². The third-order valence-corrected chi connectivity index (χ3v) is 2.97. The smallest absolute Gasteiger partial charge is 0.305 e. The number of benzene rings is 1. The quantitative estimate of drug-likeness (QED) is 0.722. The maximum Gasteiger partial charge on any atom is 0.305 e. The number of carbonyl (C=O) groups is 2. The first-order chi connectivity index (χ1) is 8.91. The number of carboxylic acids is 1. The highest BCUT2D eigenvalue weighted by atomic mass is 16.4. The minimum absolute atomic E-state index is 0.0306. The molecule has 1 aromatic carbocycles. The molecule has 1 amide bonds. The first-order valence-electron chi connectivity index (χ1n) is 6.24. The topological polar surface area (TPSA) is 92.4 Å². The summed E-state index contributed by atoms with van der Waals surface area (Å²) in [6, 6.07) is 7.79. The minimum atomic E-state index is -0.938. The second-order valence-corrected chi connectivity index (χ2v) is 4.85. The van der Waals surface area contributed by atoms with Crippen LogP contribution in [0.15, 0.2) is 30.3 Å². The molecule has 1 aromatic rings. The number of rotatable bonds is 6. The van der Waals surface area contributed by atoms with Crippen molar-refractivity contribution in [1.29, 1.82) is 0 Å². The number of amides is 1. The second kappa shape index (κ2) is 6.89. The van der Waals surface area contributed by atoms with Gasteiger partial charge in [0, 0.05) is 6.04 Å². The van der Waals surface area contributed by atoms with Crippen LogP contribution in [0.1, 0.15) is 31.9 Å². The Hall–Kier alpha value is -1.88. The molecule has 19 heavy (non-hydrogen) atoms. The molecule has 0 aromatic heterocycles. The number of hydrogen-bond acceptors (Lipinski definition) is 3. The Kier molecular flexibility index (Phi) is 5.51. The van der Waals surface area contributed by atoms with E-state index in [0.29, 0.717) is 5.56 Å². The highest BCUT2D eigenvalue weighted by Crippen LogP contribution is 2.12. The first-order valence-corrected chi connectivity index (χ1v) is 6.24. The zero-order valence-corrected chi connectivity index (χ0v) is 11.2. The molecular formula is C14H20N2O3. The standard InChI is InChI=1S/C14H20N2O3/c1-9(2)11(8-12(17)18)16-14(19)13(15)10-6-4-3-5-7-10/h3-7,9,11,13H,8,15H2,1-2H3,(H,16,19)(H,17,18)/t11?,13-/m1/s1. The van der Waals surface area contributed by atoms with E-state index in [1.165, 1.54) is 0 Å². The molecule has 5 nitrogen and oxygen atoms in total. The van der Waals surface area contributed by atoms with Crippen molar-refractivity contribution < 1.29 is 14.7 Å². The molecule has 0 aliphatic rings. The van der Waals surface area contributed by atoms with Crippen molar-refractivity contribution in [3.05, 3.63) is 35.9 Å². The van der Waals surface area contributed by atoms with E-state index >= 15 is 0 Å². The van der Waals surface area contributed by atoms with E-state index in [4.69, 9.17) is 10.8 Å². The molecule has 0 saturated heterocycles. The molecular weight excluding hydrogens is 244 g/mol. The Morgan fingerprint density at radius 2 is 1.84 bits per heavy atom. The molecule has 4 N–H and O–H groups in total. The minimum Gasteiger partial charge on any atom is -0.481 e. The van der Waals surface area contributed by atoms with Crippen LogP contribution >= 0.6 is 0 Å². The first kappa shape index (κ1) is 15.2.